The molecule has 0 aromatic heterocycles. The van der Waals surface area contributed by atoms with Crippen molar-refractivity contribution in [2.75, 3.05) is 13.6 Å². The quantitative estimate of drug-likeness (QED) is 0.740. The van der Waals surface area contributed by atoms with Gasteiger partial charge in [-0.05, 0) is 32.1 Å². The summed E-state index contributed by atoms with van der Waals surface area (Å²) in [6.45, 7) is 9.78. The topological polar surface area (TPSA) is 83.7 Å². The minimum atomic E-state index is -0.644. The summed E-state index contributed by atoms with van der Waals surface area (Å²) in [6.07, 6.45) is 1.89. The summed E-state index contributed by atoms with van der Waals surface area (Å²) in [6, 6.07) is -1.17. The molecule has 2 atom stereocenters. The number of likely N-dealkylation sites (N-methyl/N-ethyl adjacent to an activating group) is 1. The number of hydrogen-bond acceptors (Lipinski definition) is 3. The maximum atomic E-state index is 12.7. The van der Waals surface area contributed by atoms with Crippen LogP contribution in [0.5, 0.6) is 0 Å². The summed E-state index contributed by atoms with van der Waals surface area (Å²) in [7, 11) is 1.59. The summed E-state index contributed by atoms with van der Waals surface area (Å²) >= 11 is 0. The van der Waals surface area contributed by atoms with Crippen LogP contribution in [0.25, 0.3) is 0 Å². The lowest BCUT2D eigenvalue weighted by atomic mass is 10.0. The van der Waals surface area contributed by atoms with E-state index < -0.39 is 18.0 Å². The van der Waals surface area contributed by atoms with Crippen LogP contribution in [0, 0.1) is 5.92 Å². The van der Waals surface area contributed by atoms with Crippen LogP contribution in [0.15, 0.2) is 12.2 Å². The van der Waals surface area contributed by atoms with Gasteiger partial charge in [0.05, 0.1) is 0 Å². The van der Waals surface area contributed by atoms with Gasteiger partial charge in [0.2, 0.25) is 17.7 Å². The number of hydrogen-bond donors (Lipinski definition) is 1. The first-order chi connectivity index (χ1) is 10.2. The molecule has 1 aliphatic rings. The van der Waals surface area contributed by atoms with E-state index in [1.807, 2.05) is 13.8 Å². The number of carbonyl (C=O) groups excluding carboxylic acids is 3. The second-order valence-electron chi connectivity index (χ2n) is 6.43. The Hall–Kier alpha value is -1.85. The minimum absolute atomic E-state index is 0.205. The van der Waals surface area contributed by atoms with E-state index in [-0.39, 0.29) is 17.7 Å². The van der Waals surface area contributed by atoms with Gasteiger partial charge in [0.25, 0.3) is 0 Å². The van der Waals surface area contributed by atoms with Crippen LogP contribution in [0.2, 0.25) is 0 Å². The normalized spacial score (nSPS) is 19.1. The number of carbonyl (C=O) groups is 3. The summed E-state index contributed by atoms with van der Waals surface area (Å²) in [4.78, 5) is 39.4. The third-order valence-corrected chi connectivity index (χ3v) is 4.00. The van der Waals surface area contributed by atoms with E-state index in [0.717, 1.165) is 6.42 Å². The van der Waals surface area contributed by atoms with Crippen molar-refractivity contribution in [3.63, 3.8) is 0 Å². The molecule has 0 aromatic carbocycles. The average molecular weight is 309 g/mol. The lowest BCUT2D eigenvalue weighted by Gasteiger charge is -2.32. The Morgan fingerprint density at radius 2 is 1.95 bits per heavy atom. The molecule has 1 aliphatic heterocycles. The Morgan fingerprint density at radius 3 is 2.41 bits per heavy atom. The molecule has 1 fully saturated rings. The zero-order valence-electron chi connectivity index (χ0n) is 14.0. The Morgan fingerprint density at radius 1 is 1.36 bits per heavy atom. The third-order valence-electron chi connectivity index (χ3n) is 4.00. The lowest BCUT2D eigenvalue weighted by molar-refractivity contribution is -0.145. The molecule has 3 amide bonds. The van der Waals surface area contributed by atoms with E-state index >= 15 is 0 Å². The van der Waals surface area contributed by atoms with E-state index in [1.165, 1.54) is 4.90 Å². The van der Waals surface area contributed by atoms with Crippen LogP contribution >= 0.6 is 0 Å². The molecule has 0 aliphatic carbocycles. The number of primary amides is 1. The smallest absolute Gasteiger partial charge is 0.249 e. The van der Waals surface area contributed by atoms with E-state index in [2.05, 4.69) is 6.58 Å². The molecule has 2 N–H and O–H groups in total. The molecule has 124 valence electrons. The average Bonchev–Trinajstić information content (AvgIpc) is 2.90. The van der Waals surface area contributed by atoms with Crippen LogP contribution in [0.4, 0.5) is 0 Å². The van der Waals surface area contributed by atoms with Gasteiger partial charge in [0, 0.05) is 19.2 Å². The fraction of sp³-hybridized carbons (Fsp3) is 0.688. The highest BCUT2D eigenvalue weighted by atomic mass is 16.2. The SMILES string of the molecule is C=C(C)C(=O)N1CCC[C@H]1C(=O)N(C)C(CC(C)C)C(N)=O. The van der Waals surface area contributed by atoms with Gasteiger partial charge >= 0.3 is 0 Å². The van der Waals surface area contributed by atoms with Crippen molar-refractivity contribution in [1.29, 1.82) is 0 Å². The van der Waals surface area contributed by atoms with E-state index in [0.29, 0.717) is 25.0 Å². The molecule has 1 rings (SSSR count). The summed E-state index contributed by atoms with van der Waals surface area (Å²) in [5, 5.41) is 0. The molecular weight excluding hydrogens is 282 g/mol. The van der Waals surface area contributed by atoms with Crippen molar-refractivity contribution in [1.82, 2.24) is 9.80 Å². The lowest BCUT2D eigenvalue weighted by Crippen LogP contribution is -2.53. The van der Waals surface area contributed by atoms with Crippen molar-refractivity contribution < 1.29 is 14.4 Å². The Kier molecular flexibility index (Phi) is 6.14. The zero-order chi connectivity index (χ0) is 17.0. The Labute approximate surface area is 132 Å². The molecular formula is C16H27N3O3. The van der Waals surface area contributed by atoms with Crippen molar-refractivity contribution in [2.24, 2.45) is 11.7 Å². The van der Waals surface area contributed by atoms with E-state index in [4.69, 9.17) is 5.73 Å². The second kappa shape index (κ2) is 7.42. The first kappa shape index (κ1) is 18.2. The predicted molar refractivity (Wildman–Crippen MR) is 84.8 cm³/mol. The van der Waals surface area contributed by atoms with Gasteiger partial charge in [-0.3, -0.25) is 14.4 Å². The summed E-state index contributed by atoms with van der Waals surface area (Å²) < 4.78 is 0. The highest BCUT2D eigenvalue weighted by molar-refractivity contribution is 5.97. The first-order valence-electron chi connectivity index (χ1n) is 7.69. The molecule has 0 saturated carbocycles. The second-order valence-corrected chi connectivity index (χ2v) is 6.43. The molecule has 0 aromatic rings. The fourth-order valence-electron chi connectivity index (χ4n) is 2.81. The van der Waals surface area contributed by atoms with Gasteiger partial charge < -0.3 is 15.5 Å². The van der Waals surface area contributed by atoms with E-state index in [9.17, 15) is 14.4 Å². The summed E-state index contributed by atoms with van der Waals surface area (Å²) in [5.41, 5.74) is 5.85. The van der Waals surface area contributed by atoms with Crippen LogP contribution < -0.4 is 5.73 Å². The number of nitrogens with two attached hydrogens (primary N) is 1. The predicted octanol–water partition coefficient (Wildman–Crippen LogP) is 0.912. The molecule has 6 nitrogen and oxygen atoms in total. The number of amides is 3. The maximum Gasteiger partial charge on any atom is 0.249 e. The summed E-state index contributed by atoms with van der Waals surface area (Å²) in [5.74, 6) is -0.704. The Bertz CT molecular complexity index is 473. The molecule has 22 heavy (non-hydrogen) atoms. The third kappa shape index (κ3) is 4.08. The van der Waals surface area contributed by atoms with Gasteiger partial charge in [-0.1, -0.05) is 20.4 Å². The fourth-order valence-corrected chi connectivity index (χ4v) is 2.81. The molecule has 1 saturated heterocycles. The van der Waals surface area contributed by atoms with Crippen molar-refractivity contribution in [3.8, 4) is 0 Å². The van der Waals surface area contributed by atoms with Crippen LogP contribution in [-0.2, 0) is 14.4 Å². The molecule has 0 radical (unpaired) electrons. The van der Waals surface area contributed by atoms with Gasteiger partial charge in [0.15, 0.2) is 0 Å². The largest absolute Gasteiger partial charge is 0.368 e. The number of likely N-dealkylation sites (tertiary alicyclic amines) is 1. The highest BCUT2D eigenvalue weighted by Crippen LogP contribution is 2.22. The number of rotatable bonds is 6. The molecule has 1 unspecified atom stereocenters. The highest BCUT2D eigenvalue weighted by Gasteiger charge is 2.38. The standard InChI is InChI=1S/C16H27N3O3/c1-10(2)9-13(14(17)20)18(5)16(22)12-7-6-8-19(12)15(21)11(3)4/h10,12-13H,3,6-9H2,1-2,4-5H3,(H2,17,20)/t12-,13?/m0/s1. The van der Waals surface area contributed by atoms with Crippen molar-refractivity contribution >= 4 is 17.7 Å². The Balaban J connectivity index is 2.90. The monoisotopic (exact) mass is 309 g/mol. The molecule has 1 heterocycles. The zero-order valence-corrected chi connectivity index (χ0v) is 14.0. The van der Waals surface area contributed by atoms with Crippen LogP contribution in [0.1, 0.15) is 40.0 Å². The van der Waals surface area contributed by atoms with E-state index in [1.54, 1.807) is 18.9 Å². The van der Waals surface area contributed by atoms with Gasteiger partial charge in [-0.15, -0.1) is 0 Å². The van der Waals surface area contributed by atoms with Crippen molar-refractivity contribution in [2.45, 2.75) is 52.1 Å². The molecule has 0 bridgehead atoms. The van der Waals surface area contributed by atoms with Crippen LogP contribution in [0.3, 0.4) is 0 Å². The maximum absolute atomic E-state index is 12.7. The van der Waals surface area contributed by atoms with Crippen LogP contribution in [-0.4, -0.2) is 53.2 Å². The van der Waals surface area contributed by atoms with Crippen molar-refractivity contribution in [3.05, 3.63) is 12.2 Å². The molecule has 6 heteroatoms. The minimum Gasteiger partial charge on any atom is -0.368 e. The number of nitrogens with zero attached hydrogens (tertiary/aromatic N) is 2. The van der Waals surface area contributed by atoms with Gasteiger partial charge in [-0.2, -0.15) is 0 Å². The first-order valence-corrected chi connectivity index (χ1v) is 7.69. The molecule has 0 spiro atoms. The van der Waals surface area contributed by atoms with Gasteiger partial charge in [0.1, 0.15) is 12.1 Å². The van der Waals surface area contributed by atoms with Gasteiger partial charge in [-0.25, -0.2) is 0 Å².